The van der Waals surface area contributed by atoms with Crippen molar-refractivity contribution in [1.29, 1.82) is 0 Å². The number of hydrogen-bond acceptors (Lipinski definition) is 4. The number of likely N-dealkylation sites (tertiary alicyclic amines) is 1. The Bertz CT molecular complexity index is 799. The van der Waals surface area contributed by atoms with E-state index in [0.29, 0.717) is 22.6 Å². The summed E-state index contributed by atoms with van der Waals surface area (Å²) in [5, 5.41) is 10.5. The molecule has 1 atom stereocenters. The maximum absolute atomic E-state index is 12.9. The smallest absolute Gasteiger partial charge is 0.416 e. The highest BCUT2D eigenvalue weighted by Gasteiger charge is 2.32. The Hall–Kier alpha value is -2.41. The molecule has 4 nitrogen and oxygen atoms in total. The summed E-state index contributed by atoms with van der Waals surface area (Å²) >= 11 is 0. The van der Waals surface area contributed by atoms with Gasteiger partial charge in [-0.15, -0.1) is 0 Å². The molecular formula is C19H18F3NO3. The van der Waals surface area contributed by atoms with Crippen LogP contribution in [0.4, 0.5) is 13.2 Å². The second-order valence-electron chi connectivity index (χ2n) is 6.53. The number of phenolic OH excluding ortho intramolecular Hbond substituents is 1. The average Bonchev–Trinajstić information content (AvgIpc) is 3.27. The Labute approximate surface area is 148 Å². The van der Waals surface area contributed by atoms with Crippen LogP contribution in [0.3, 0.4) is 0 Å². The fourth-order valence-electron chi connectivity index (χ4n) is 3.61. The first-order valence-corrected chi connectivity index (χ1v) is 8.47. The fourth-order valence-corrected chi connectivity index (χ4v) is 3.61. The van der Waals surface area contributed by atoms with Gasteiger partial charge in [0.05, 0.1) is 11.6 Å². The molecule has 0 spiro atoms. The lowest BCUT2D eigenvalue weighted by Crippen LogP contribution is -2.26. The van der Waals surface area contributed by atoms with E-state index in [2.05, 4.69) is 4.90 Å². The van der Waals surface area contributed by atoms with Crippen LogP contribution < -0.4 is 9.47 Å². The largest absolute Gasteiger partial charge is 0.507 e. The lowest BCUT2D eigenvalue weighted by molar-refractivity contribution is -0.137. The minimum absolute atomic E-state index is 0.0473. The van der Waals surface area contributed by atoms with Crippen LogP contribution in [0.5, 0.6) is 17.2 Å². The van der Waals surface area contributed by atoms with Crippen LogP contribution in [-0.4, -0.2) is 29.9 Å². The van der Waals surface area contributed by atoms with E-state index in [0.717, 1.165) is 38.1 Å². The molecule has 138 valence electrons. The van der Waals surface area contributed by atoms with Gasteiger partial charge in [0, 0.05) is 11.6 Å². The van der Waals surface area contributed by atoms with Crippen LogP contribution in [0, 0.1) is 0 Å². The molecule has 0 saturated carbocycles. The predicted octanol–water partition coefficient (Wildman–Crippen LogP) is 4.32. The van der Waals surface area contributed by atoms with E-state index in [-0.39, 0.29) is 18.6 Å². The summed E-state index contributed by atoms with van der Waals surface area (Å²) in [4.78, 5) is 2.17. The maximum Gasteiger partial charge on any atom is 0.416 e. The van der Waals surface area contributed by atoms with Crippen LogP contribution in [0.2, 0.25) is 0 Å². The van der Waals surface area contributed by atoms with Crippen molar-refractivity contribution in [2.75, 3.05) is 19.9 Å². The van der Waals surface area contributed by atoms with Gasteiger partial charge < -0.3 is 14.6 Å². The second kappa shape index (κ2) is 6.39. The van der Waals surface area contributed by atoms with Gasteiger partial charge in [0.1, 0.15) is 5.75 Å². The van der Waals surface area contributed by atoms with Gasteiger partial charge in [-0.05, 0) is 49.7 Å². The van der Waals surface area contributed by atoms with Crippen molar-refractivity contribution < 1.29 is 27.8 Å². The zero-order valence-electron chi connectivity index (χ0n) is 13.9. The highest BCUT2D eigenvalue weighted by molar-refractivity contribution is 5.54. The summed E-state index contributed by atoms with van der Waals surface area (Å²) in [5.74, 6) is 1.05. The Morgan fingerprint density at radius 3 is 2.19 bits per heavy atom. The van der Waals surface area contributed by atoms with Crippen molar-refractivity contribution in [3.63, 3.8) is 0 Å². The van der Waals surface area contributed by atoms with Crippen LogP contribution in [0.25, 0.3) is 0 Å². The molecule has 0 amide bonds. The molecule has 0 aliphatic carbocycles. The molecule has 7 heteroatoms. The third-order valence-corrected chi connectivity index (χ3v) is 4.88. The summed E-state index contributed by atoms with van der Waals surface area (Å²) in [6, 6.07) is 8.02. The summed E-state index contributed by atoms with van der Waals surface area (Å²) in [7, 11) is 0. The molecule has 0 bridgehead atoms. The Morgan fingerprint density at radius 1 is 0.962 bits per heavy atom. The summed E-state index contributed by atoms with van der Waals surface area (Å²) < 4.78 is 49.3. The first kappa shape index (κ1) is 17.0. The molecule has 2 aromatic carbocycles. The molecule has 1 unspecified atom stereocenters. The van der Waals surface area contributed by atoms with Crippen molar-refractivity contribution in [1.82, 2.24) is 4.90 Å². The normalized spacial score (nSPS) is 18.3. The molecule has 0 aromatic heterocycles. The monoisotopic (exact) mass is 365 g/mol. The average molecular weight is 365 g/mol. The van der Waals surface area contributed by atoms with E-state index in [9.17, 15) is 18.3 Å². The lowest BCUT2D eigenvalue weighted by Gasteiger charge is -2.29. The number of nitrogens with zero attached hydrogens (tertiary/aromatic N) is 1. The quantitative estimate of drug-likeness (QED) is 0.879. The minimum atomic E-state index is -4.37. The predicted molar refractivity (Wildman–Crippen MR) is 88.3 cm³/mol. The van der Waals surface area contributed by atoms with Gasteiger partial charge in [-0.1, -0.05) is 12.1 Å². The standard InChI is InChI=1S/C19H18F3NO3/c20-19(21,22)13-5-3-12(4-6-13)18(23-7-1-2-8-23)14-9-16-17(10-15(14)24)26-11-25-16/h3-6,9-10,18,24H,1-2,7-8,11H2. The highest BCUT2D eigenvalue weighted by atomic mass is 19.4. The molecule has 1 fully saturated rings. The number of hydrogen-bond donors (Lipinski definition) is 1. The van der Waals surface area contributed by atoms with Crippen molar-refractivity contribution >= 4 is 0 Å². The van der Waals surface area contributed by atoms with Crippen molar-refractivity contribution in [3.05, 3.63) is 53.1 Å². The Balaban J connectivity index is 1.76. The Kier molecular flexibility index (Phi) is 4.19. The van der Waals surface area contributed by atoms with Crippen molar-refractivity contribution in [2.24, 2.45) is 0 Å². The summed E-state index contributed by atoms with van der Waals surface area (Å²) in [6.07, 6.45) is -2.34. The molecule has 1 N–H and O–H groups in total. The van der Waals surface area contributed by atoms with Gasteiger partial charge in [0.25, 0.3) is 0 Å². The van der Waals surface area contributed by atoms with E-state index in [4.69, 9.17) is 9.47 Å². The van der Waals surface area contributed by atoms with Gasteiger partial charge in [-0.25, -0.2) is 0 Å². The summed E-state index contributed by atoms with van der Waals surface area (Å²) in [5.41, 5.74) is 0.626. The molecule has 2 aliphatic heterocycles. The number of halogens is 3. The van der Waals surface area contributed by atoms with Crippen molar-refractivity contribution in [2.45, 2.75) is 25.1 Å². The van der Waals surface area contributed by atoms with Crippen molar-refractivity contribution in [3.8, 4) is 17.2 Å². The fraction of sp³-hybridized carbons (Fsp3) is 0.368. The first-order chi connectivity index (χ1) is 12.4. The summed E-state index contributed by atoms with van der Waals surface area (Å²) in [6.45, 7) is 1.73. The molecule has 1 saturated heterocycles. The molecule has 4 rings (SSSR count). The van der Waals surface area contributed by atoms with E-state index >= 15 is 0 Å². The van der Waals surface area contributed by atoms with Gasteiger partial charge in [0.2, 0.25) is 6.79 Å². The van der Waals surface area contributed by atoms with Crippen LogP contribution in [-0.2, 0) is 6.18 Å². The number of rotatable bonds is 3. The molecule has 26 heavy (non-hydrogen) atoms. The lowest BCUT2D eigenvalue weighted by atomic mass is 9.95. The number of fused-ring (bicyclic) bond motifs is 1. The van der Waals surface area contributed by atoms with Gasteiger partial charge >= 0.3 is 6.18 Å². The third kappa shape index (κ3) is 3.07. The minimum Gasteiger partial charge on any atom is -0.507 e. The third-order valence-electron chi connectivity index (χ3n) is 4.88. The Morgan fingerprint density at radius 2 is 1.58 bits per heavy atom. The number of aromatic hydroxyl groups is 1. The number of phenols is 1. The first-order valence-electron chi connectivity index (χ1n) is 8.47. The van der Waals surface area contributed by atoms with E-state index in [1.165, 1.54) is 18.2 Å². The van der Waals surface area contributed by atoms with E-state index in [1.54, 1.807) is 6.07 Å². The molecule has 2 heterocycles. The van der Waals surface area contributed by atoms with E-state index in [1.807, 2.05) is 0 Å². The van der Waals surface area contributed by atoms with Gasteiger partial charge in [0.15, 0.2) is 11.5 Å². The molecule has 0 radical (unpaired) electrons. The van der Waals surface area contributed by atoms with Gasteiger partial charge in [-0.3, -0.25) is 4.90 Å². The number of alkyl halides is 3. The van der Waals surface area contributed by atoms with Crippen LogP contribution in [0.1, 0.15) is 35.6 Å². The molecule has 2 aromatic rings. The molecular weight excluding hydrogens is 347 g/mol. The van der Waals surface area contributed by atoms with Crippen LogP contribution in [0.15, 0.2) is 36.4 Å². The van der Waals surface area contributed by atoms with E-state index < -0.39 is 11.7 Å². The maximum atomic E-state index is 12.9. The topological polar surface area (TPSA) is 41.9 Å². The number of ether oxygens (including phenoxy) is 2. The number of benzene rings is 2. The zero-order valence-corrected chi connectivity index (χ0v) is 13.9. The van der Waals surface area contributed by atoms with Gasteiger partial charge in [-0.2, -0.15) is 13.2 Å². The SMILES string of the molecule is Oc1cc2c(cc1C(c1ccc(C(F)(F)F)cc1)N1CCCC1)OCO2. The zero-order chi connectivity index (χ0) is 18.3. The second-order valence-corrected chi connectivity index (χ2v) is 6.53. The molecule has 2 aliphatic rings. The highest BCUT2D eigenvalue weighted by Crippen LogP contribution is 2.44. The van der Waals surface area contributed by atoms with Crippen LogP contribution >= 0.6 is 0 Å².